The van der Waals surface area contributed by atoms with Crippen LogP contribution in [0.2, 0.25) is 0 Å². The largest absolute Gasteiger partial charge is 0.352 e. The minimum atomic E-state index is 0.145. The van der Waals surface area contributed by atoms with Crippen LogP contribution in [-0.2, 0) is 4.79 Å². The van der Waals surface area contributed by atoms with Crippen molar-refractivity contribution < 1.29 is 4.79 Å². The van der Waals surface area contributed by atoms with Crippen LogP contribution in [0, 0.1) is 5.92 Å². The average molecular weight is 254 g/mol. The molecule has 2 atom stereocenters. The van der Waals surface area contributed by atoms with E-state index in [-0.39, 0.29) is 5.91 Å². The van der Waals surface area contributed by atoms with Crippen molar-refractivity contribution in [1.82, 2.24) is 10.6 Å². The highest BCUT2D eigenvalue weighted by Crippen LogP contribution is 2.25. The van der Waals surface area contributed by atoms with Crippen LogP contribution in [0.1, 0.15) is 65.7 Å². The number of amides is 1. The molecule has 1 rings (SSSR count). The van der Waals surface area contributed by atoms with Crippen molar-refractivity contribution in [2.24, 2.45) is 5.92 Å². The SMILES string of the molecule is CCC(C)NCC(=O)N[C@H](C)C1CCCCCC1. The molecule has 0 bridgehead atoms. The van der Waals surface area contributed by atoms with Crippen LogP contribution < -0.4 is 10.6 Å². The molecule has 0 spiro atoms. The first-order valence-corrected chi connectivity index (χ1v) is 7.66. The van der Waals surface area contributed by atoms with E-state index in [9.17, 15) is 4.79 Å². The highest BCUT2D eigenvalue weighted by Gasteiger charge is 2.20. The summed E-state index contributed by atoms with van der Waals surface area (Å²) in [4.78, 5) is 11.8. The van der Waals surface area contributed by atoms with E-state index in [0.29, 0.717) is 24.5 Å². The van der Waals surface area contributed by atoms with E-state index in [4.69, 9.17) is 0 Å². The van der Waals surface area contributed by atoms with Crippen molar-refractivity contribution >= 4 is 5.91 Å². The fraction of sp³-hybridized carbons (Fsp3) is 0.933. The zero-order valence-corrected chi connectivity index (χ0v) is 12.3. The summed E-state index contributed by atoms with van der Waals surface area (Å²) in [7, 11) is 0. The van der Waals surface area contributed by atoms with Gasteiger partial charge in [0.25, 0.3) is 0 Å². The Hall–Kier alpha value is -0.570. The van der Waals surface area contributed by atoms with Crippen molar-refractivity contribution in [2.45, 2.75) is 77.8 Å². The van der Waals surface area contributed by atoms with Gasteiger partial charge in [0.05, 0.1) is 6.54 Å². The summed E-state index contributed by atoms with van der Waals surface area (Å²) >= 11 is 0. The molecular formula is C15H30N2O. The number of hydrogen-bond donors (Lipinski definition) is 2. The topological polar surface area (TPSA) is 41.1 Å². The molecule has 1 aliphatic rings. The van der Waals surface area contributed by atoms with Crippen molar-refractivity contribution in [3.63, 3.8) is 0 Å². The molecule has 1 saturated carbocycles. The van der Waals surface area contributed by atoms with E-state index in [2.05, 4.69) is 31.4 Å². The van der Waals surface area contributed by atoms with Crippen LogP contribution in [0.5, 0.6) is 0 Å². The maximum Gasteiger partial charge on any atom is 0.234 e. The third-order valence-corrected chi connectivity index (χ3v) is 4.22. The van der Waals surface area contributed by atoms with E-state index in [1.807, 2.05) is 0 Å². The molecule has 0 heterocycles. The Morgan fingerprint density at radius 3 is 2.33 bits per heavy atom. The van der Waals surface area contributed by atoms with Gasteiger partial charge in [0.15, 0.2) is 0 Å². The van der Waals surface area contributed by atoms with Gasteiger partial charge in [0, 0.05) is 12.1 Å². The van der Waals surface area contributed by atoms with Crippen LogP contribution in [0.4, 0.5) is 0 Å². The first-order chi connectivity index (χ1) is 8.63. The first kappa shape index (κ1) is 15.5. The molecule has 0 aromatic carbocycles. The number of nitrogens with one attached hydrogen (secondary N) is 2. The average Bonchev–Trinajstić information content (AvgIpc) is 2.64. The third-order valence-electron chi connectivity index (χ3n) is 4.22. The molecule has 3 nitrogen and oxygen atoms in total. The Morgan fingerprint density at radius 1 is 1.17 bits per heavy atom. The highest BCUT2D eigenvalue weighted by molar-refractivity contribution is 5.78. The lowest BCUT2D eigenvalue weighted by Gasteiger charge is -2.24. The summed E-state index contributed by atoms with van der Waals surface area (Å²) in [5, 5.41) is 6.40. The molecule has 1 aliphatic carbocycles. The van der Waals surface area contributed by atoms with Gasteiger partial charge in [-0.2, -0.15) is 0 Å². The van der Waals surface area contributed by atoms with Gasteiger partial charge in [-0.1, -0.05) is 32.6 Å². The summed E-state index contributed by atoms with van der Waals surface area (Å²) in [5.41, 5.74) is 0. The van der Waals surface area contributed by atoms with Gasteiger partial charge in [-0.25, -0.2) is 0 Å². The van der Waals surface area contributed by atoms with Gasteiger partial charge in [0.1, 0.15) is 0 Å². The van der Waals surface area contributed by atoms with E-state index in [1.54, 1.807) is 0 Å². The summed E-state index contributed by atoms with van der Waals surface area (Å²) < 4.78 is 0. The Balaban J connectivity index is 2.25. The lowest BCUT2D eigenvalue weighted by atomic mass is 9.93. The monoisotopic (exact) mass is 254 g/mol. The summed E-state index contributed by atoms with van der Waals surface area (Å²) in [6.07, 6.45) is 9.01. The molecule has 0 saturated heterocycles. The zero-order valence-electron chi connectivity index (χ0n) is 12.3. The maximum absolute atomic E-state index is 11.8. The maximum atomic E-state index is 11.8. The predicted octanol–water partition coefficient (Wildman–Crippen LogP) is 2.85. The number of hydrogen-bond acceptors (Lipinski definition) is 2. The van der Waals surface area contributed by atoms with Gasteiger partial charge in [0.2, 0.25) is 5.91 Å². The van der Waals surface area contributed by atoms with Gasteiger partial charge < -0.3 is 10.6 Å². The molecule has 0 aromatic rings. The molecule has 3 heteroatoms. The molecule has 2 N–H and O–H groups in total. The summed E-state index contributed by atoms with van der Waals surface area (Å²) in [5.74, 6) is 0.826. The van der Waals surface area contributed by atoms with Crippen LogP contribution in [0.3, 0.4) is 0 Å². The number of carbonyl (C=O) groups is 1. The molecule has 1 amide bonds. The van der Waals surface area contributed by atoms with Gasteiger partial charge in [-0.3, -0.25) is 4.79 Å². The lowest BCUT2D eigenvalue weighted by Crippen LogP contribution is -2.44. The first-order valence-electron chi connectivity index (χ1n) is 7.66. The lowest BCUT2D eigenvalue weighted by molar-refractivity contribution is -0.121. The van der Waals surface area contributed by atoms with Gasteiger partial charge >= 0.3 is 0 Å². The summed E-state index contributed by atoms with van der Waals surface area (Å²) in [6, 6.07) is 0.748. The van der Waals surface area contributed by atoms with Crippen LogP contribution in [0.25, 0.3) is 0 Å². The standard InChI is InChI=1S/C15H30N2O/c1-4-12(2)16-11-15(18)17-13(3)14-9-7-5-6-8-10-14/h12-14,16H,4-11H2,1-3H3,(H,17,18)/t12?,13-/m1/s1. The molecule has 0 aliphatic heterocycles. The van der Waals surface area contributed by atoms with Gasteiger partial charge in [-0.05, 0) is 39.0 Å². The smallest absolute Gasteiger partial charge is 0.234 e. The molecule has 0 radical (unpaired) electrons. The third kappa shape index (κ3) is 5.85. The van der Waals surface area contributed by atoms with Crippen molar-refractivity contribution in [3.8, 4) is 0 Å². The molecule has 0 aromatic heterocycles. The fourth-order valence-corrected chi connectivity index (χ4v) is 2.65. The highest BCUT2D eigenvalue weighted by atomic mass is 16.1. The van der Waals surface area contributed by atoms with E-state index < -0.39 is 0 Å². The van der Waals surface area contributed by atoms with Crippen LogP contribution in [0.15, 0.2) is 0 Å². The quantitative estimate of drug-likeness (QED) is 0.716. The second-order valence-corrected chi connectivity index (χ2v) is 5.80. The van der Waals surface area contributed by atoms with Crippen molar-refractivity contribution in [1.29, 1.82) is 0 Å². The minimum Gasteiger partial charge on any atom is -0.352 e. The number of carbonyl (C=O) groups excluding carboxylic acids is 1. The Morgan fingerprint density at radius 2 is 1.78 bits per heavy atom. The normalized spacial score (nSPS) is 21.1. The molecule has 1 unspecified atom stereocenters. The Kier molecular flexibility index (Phi) is 7.33. The predicted molar refractivity (Wildman–Crippen MR) is 76.6 cm³/mol. The second-order valence-electron chi connectivity index (χ2n) is 5.80. The molecule has 18 heavy (non-hydrogen) atoms. The van der Waals surface area contributed by atoms with Crippen molar-refractivity contribution in [2.75, 3.05) is 6.54 Å². The molecule has 1 fully saturated rings. The van der Waals surface area contributed by atoms with Crippen molar-refractivity contribution in [3.05, 3.63) is 0 Å². The Labute approximate surface area is 112 Å². The minimum absolute atomic E-state index is 0.145. The molecular weight excluding hydrogens is 224 g/mol. The van der Waals surface area contributed by atoms with Gasteiger partial charge in [-0.15, -0.1) is 0 Å². The number of rotatable bonds is 6. The molecule has 106 valence electrons. The Bertz CT molecular complexity index is 235. The van der Waals surface area contributed by atoms with E-state index in [1.165, 1.54) is 38.5 Å². The van der Waals surface area contributed by atoms with E-state index >= 15 is 0 Å². The fourth-order valence-electron chi connectivity index (χ4n) is 2.65. The van der Waals surface area contributed by atoms with E-state index in [0.717, 1.165) is 6.42 Å². The zero-order chi connectivity index (χ0) is 13.4. The summed E-state index contributed by atoms with van der Waals surface area (Å²) in [6.45, 7) is 6.86. The second kappa shape index (κ2) is 8.52. The van der Waals surface area contributed by atoms with Crippen LogP contribution >= 0.6 is 0 Å². The van der Waals surface area contributed by atoms with Crippen LogP contribution in [-0.4, -0.2) is 24.5 Å².